The van der Waals surface area contributed by atoms with Crippen molar-refractivity contribution in [2.45, 2.75) is 13.8 Å². The Balaban J connectivity index is 0.000000191. The van der Waals surface area contributed by atoms with E-state index in [9.17, 15) is 9.59 Å². The van der Waals surface area contributed by atoms with Crippen LogP contribution in [-0.2, 0) is 0 Å². The molecule has 0 aliphatic heterocycles. The van der Waals surface area contributed by atoms with E-state index in [1.807, 2.05) is 30.3 Å². The Labute approximate surface area is 112 Å². The first kappa shape index (κ1) is 14.6. The van der Waals surface area contributed by atoms with Crippen LogP contribution in [0, 0.1) is 0 Å². The van der Waals surface area contributed by atoms with E-state index < -0.39 is 0 Å². The zero-order valence-electron chi connectivity index (χ0n) is 11.0. The normalized spacial score (nSPS) is 9.16. The van der Waals surface area contributed by atoms with Crippen molar-refractivity contribution in [1.29, 1.82) is 0 Å². The summed E-state index contributed by atoms with van der Waals surface area (Å²) in [5, 5.41) is 9.06. The molecule has 0 radical (unpaired) electrons. The molecule has 0 aliphatic carbocycles. The lowest BCUT2D eigenvalue weighted by atomic mass is 10.1. The van der Waals surface area contributed by atoms with Crippen LogP contribution in [0.5, 0.6) is 5.75 Å². The third kappa shape index (κ3) is 4.76. The summed E-state index contributed by atoms with van der Waals surface area (Å²) in [6.45, 7) is 2.99. The molecule has 0 heterocycles. The highest BCUT2D eigenvalue weighted by molar-refractivity contribution is 5.96. The second-order valence-corrected chi connectivity index (χ2v) is 4.00. The van der Waals surface area contributed by atoms with E-state index in [1.165, 1.54) is 13.0 Å². The summed E-state index contributed by atoms with van der Waals surface area (Å²) in [6, 6.07) is 15.7. The van der Waals surface area contributed by atoms with Gasteiger partial charge in [-0.2, -0.15) is 0 Å². The molecule has 0 fully saturated rings. The number of phenolic OH excluding ortho intramolecular Hbond substituents is 1. The number of rotatable bonds is 2. The largest absolute Gasteiger partial charge is 0.507 e. The van der Waals surface area contributed by atoms with Crippen molar-refractivity contribution < 1.29 is 14.7 Å². The predicted molar refractivity (Wildman–Crippen MR) is 74.6 cm³/mol. The van der Waals surface area contributed by atoms with Crippen LogP contribution < -0.4 is 0 Å². The van der Waals surface area contributed by atoms with E-state index in [0.29, 0.717) is 5.56 Å². The van der Waals surface area contributed by atoms with Crippen molar-refractivity contribution in [1.82, 2.24) is 0 Å². The minimum atomic E-state index is -0.113. The summed E-state index contributed by atoms with van der Waals surface area (Å²) in [6.07, 6.45) is 0. The SMILES string of the molecule is CC(=O)c1ccccc1.CC(=O)c1ccccc1O. The topological polar surface area (TPSA) is 54.4 Å². The molecule has 0 aliphatic rings. The second-order valence-electron chi connectivity index (χ2n) is 4.00. The zero-order chi connectivity index (χ0) is 14.3. The summed E-state index contributed by atoms with van der Waals surface area (Å²) < 4.78 is 0. The highest BCUT2D eigenvalue weighted by Crippen LogP contribution is 2.15. The first-order valence-electron chi connectivity index (χ1n) is 5.87. The summed E-state index contributed by atoms with van der Waals surface area (Å²) in [5.74, 6) is 0.0590. The number of hydrogen-bond acceptors (Lipinski definition) is 3. The van der Waals surface area contributed by atoms with E-state index in [1.54, 1.807) is 25.1 Å². The third-order valence-electron chi connectivity index (χ3n) is 2.46. The molecule has 0 atom stereocenters. The van der Waals surface area contributed by atoms with Crippen LogP contribution in [0.25, 0.3) is 0 Å². The Morgan fingerprint density at radius 1 is 0.789 bits per heavy atom. The molecule has 1 N–H and O–H groups in total. The average Bonchev–Trinajstić information content (AvgIpc) is 2.40. The molecule has 98 valence electrons. The van der Waals surface area contributed by atoms with Gasteiger partial charge in [0.25, 0.3) is 0 Å². The molecule has 2 aromatic rings. The van der Waals surface area contributed by atoms with E-state index in [0.717, 1.165) is 5.56 Å². The molecule has 3 heteroatoms. The number of ketones is 2. The number of benzene rings is 2. The van der Waals surface area contributed by atoms with Crippen molar-refractivity contribution in [3.05, 3.63) is 65.7 Å². The van der Waals surface area contributed by atoms with Gasteiger partial charge < -0.3 is 5.11 Å². The van der Waals surface area contributed by atoms with E-state index >= 15 is 0 Å². The van der Waals surface area contributed by atoms with Crippen LogP contribution in [0.3, 0.4) is 0 Å². The minimum Gasteiger partial charge on any atom is -0.507 e. The minimum absolute atomic E-state index is 0.0509. The zero-order valence-corrected chi connectivity index (χ0v) is 11.0. The van der Waals surface area contributed by atoms with Gasteiger partial charge in [-0.1, -0.05) is 42.5 Å². The lowest BCUT2D eigenvalue weighted by molar-refractivity contribution is 0.100. The fraction of sp³-hybridized carbons (Fsp3) is 0.125. The van der Waals surface area contributed by atoms with E-state index in [4.69, 9.17) is 5.11 Å². The smallest absolute Gasteiger partial charge is 0.163 e. The molecule has 0 saturated carbocycles. The lowest BCUT2D eigenvalue weighted by Crippen LogP contribution is -1.90. The van der Waals surface area contributed by atoms with Gasteiger partial charge in [-0.15, -0.1) is 0 Å². The maximum atomic E-state index is 10.7. The Kier molecular flexibility index (Phi) is 5.48. The molecule has 0 bridgehead atoms. The fourth-order valence-corrected chi connectivity index (χ4v) is 1.44. The highest BCUT2D eigenvalue weighted by atomic mass is 16.3. The maximum Gasteiger partial charge on any atom is 0.163 e. The molecule has 0 aromatic heterocycles. The molecular formula is C16H16O3. The predicted octanol–water partition coefficient (Wildman–Crippen LogP) is 3.48. The van der Waals surface area contributed by atoms with E-state index in [-0.39, 0.29) is 17.3 Å². The number of phenols is 1. The van der Waals surface area contributed by atoms with Gasteiger partial charge in [0, 0.05) is 5.56 Å². The van der Waals surface area contributed by atoms with Crippen LogP contribution in [0.2, 0.25) is 0 Å². The number of Topliss-reactive ketones (excluding diaryl/α,β-unsaturated/α-hetero) is 2. The average molecular weight is 256 g/mol. The van der Waals surface area contributed by atoms with Gasteiger partial charge in [0.05, 0.1) is 5.56 Å². The molecule has 0 amide bonds. The van der Waals surface area contributed by atoms with Gasteiger partial charge in [-0.25, -0.2) is 0 Å². The molecule has 2 rings (SSSR count). The highest BCUT2D eigenvalue weighted by Gasteiger charge is 2.02. The van der Waals surface area contributed by atoms with Crippen LogP contribution in [-0.4, -0.2) is 16.7 Å². The van der Waals surface area contributed by atoms with Crippen LogP contribution in [0.4, 0.5) is 0 Å². The number of aromatic hydroxyl groups is 1. The second kappa shape index (κ2) is 7.11. The molecule has 2 aromatic carbocycles. The van der Waals surface area contributed by atoms with Gasteiger partial charge in [-0.3, -0.25) is 9.59 Å². The number of carbonyl (C=O) groups excluding carboxylic acids is 2. The summed E-state index contributed by atoms with van der Waals surface area (Å²) in [4.78, 5) is 21.4. The maximum absolute atomic E-state index is 10.7. The number of carbonyl (C=O) groups is 2. The summed E-state index contributed by atoms with van der Waals surface area (Å²) in [7, 11) is 0. The van der Waals surface area contributed by atoms with Gasteiger partial charge >= 0.3 is 0 Å². The van der Waals surface area contributed by atoms with Gasteiger partial charge in [-0.05, 0) is 26.0 Å². The standard InChI is InChI=1S/C8H8O2.C8H8O/c1-6(9)7-4-2-3-5-8(7)10;1-7(9)8-5-3-2-4-6-8/h2-5,10H,1H3;2-6H,1H3. The quantitative estimate of drug-likeness (QED) is 0.837. The first-order valence-corrected chi connectivity index (χ1v) is 5.87. The van der Waals surface area contributed by atoms with Crippen LogP contribution in [0.15, 0.2) is 54.6 Å². The monoisotopic (exact) mass is 256 g/mol. The van der Waals surface area contributed by atoms with Gasteiger partial charge in [0.1, 0.15) is 5.75 Å². The van der Waals surface area contributed by atoms with Crippen molar-refractivity contribution in [2.24, 2.45) is 0 Å². The van der Waals surface area contributed by atoms with Crippen LogP contribution >= 0.6 is 0 Å². The first-order chi connectivity index (χ1) is 9.02. The number of para-hydroxylation sites is 1. The Bertz CT molecular complexity index is 559. The number of hydrogen-bond donors (Lipinski definition) is 1. The van der Waals surface area contributed by atoms with Gasteiger partial charge in [0.2, 0.25) is 0 Å². The summed E-state index contributed by atoms with van der Waals surface area (Å²) >= 11 is 0. The van der Waals surface area contributed by atoms with Gasteiger partial charge in [0.15, 0.2) is 11.6 Å². The Morgan fingerprint density at radius 3 is 1.68 bits per heavy atom. The molecule has 19 heavy (non-hydrogen) atoms. The van der Waals surface area contributed by atoms with Crippen molar-refractivity contribution in [3.8, 4) is 5.75 Å². The van der Waals surface area contributed by atoms with Crippen LogP contribution in [0.1, 0.15) is 34.6 Å². The molecule has 0 spiro atoms. The van der Waals surface area contributed by atoms with Crippen molar-refractivity contribution >= 4 is 11.6 Å². The molecule has 0 unspecified atom stereocenters. The van der Waals surface area contributed by atoms with Crippen molar-refractivity contribution in [2.75, 3.05) is 0 Å². The molecule has 0 saturated heterocycles. The fourth-order valence-electron chi connectivity index (χ4n) is 1.44. The summed E-state index contributed by atoms with van der Waals surface area (Å²) in [5.41, 5.74) is 1.15. The van der Waals surface area contributed by atoms with Crippen molar-refractivity contribution in [3.63, 3.8) is 0 Å². The molecular weight excluding hydrogens is 240 g/mol. The third-order valence-corrected chi connectivity index (χ3v) is 2.46. The molecule has 3 nitrogen and oxygen atoms in total. The Hall–Kier alpha value is -2.42. The van der Waals surface area contributed by atoms with E-state index in [2.05, 4.69) is 0 Å². The lowest BCUT2D eigenvalue weighted by Gasteiger charge is -1.96. The Morgan fingerprint density at radius 2 is 1.32 bits per heavy atom.